The molecule has 1 aliphatic rings. The highest BCUT2D eigenvalue weighted by Crippen LogP contribution is 2.18. The molecule has 0 aromatic heterocycles. The molecule has 0 atom stereocenters. The van der Waals surface area contributed by atoms with Gasteiger partial charge in [-0.05, 0) is 30.5 Å². The average Bonchev–Trinajstić information content (AvgIpc) is 2.38. The summed E-state index contributed by atoms with van der Waals surface area (Å²) >= 11 is 0. The number of nitrogen functional groups attached to an aromatic ring is 1. The lowest BCUT2D eigenvalue weighted by molar-refractivity contribution is -0.120. The van der Waals surface area contributed by atoms with Gasteiger partial charge in [-0.1, -0.05) is 12.1 Å². The number of primary amides is 1. The first-order chi connectivity index (χ1) is 9.15. The standard InChI is InChI=1S/C14H21N3O2/c15-12-3-1-2-11(8-12)9-17(10-14(16)18)13-4-6-19-7-5-13/h1-3,8,13H,4-7,9-10,15H2,(H2,16,18). The van der Waals surface area contributed by atoms with E-state index in [9.17, 15) is 4.79 Å². The van der Waals surface area contributed by atoms with Gasteiger partial charge in [0.1, 0.15) is 0 Å². The van der Waals surface area contributed by atoms with Gasteiger partial charge >= 0.3 is 0 Å². The largest absolute Gasteiger partial charge is 0.399 e. The van der Waals surface area contributed by atoms with Crippen molar-refractivity contribution in [2.24, 2.45) is 5.73 Å². The molecule has 1 aliphatic heterocycles. The predicted molar refractivity (Wildman–Crippen MR) is 74.3 cm³/mol. The van der Waals surface area contributed by atoms with Crippen LogP contribution >= 0.6 is 0 Å². The molecule has 1 heterocycles. The topological polar surface area (TPSA) is 81.6 Å². The molecule has 0 spiro atoms. The lowest BCUT2D eigenvalue weighted by atomic mass is 10.1. The van der Waals surface area contributed by atoms with Crippen LogP contribution in [-0.4, -0.2) is 36.6 Å². The molecule has 0 bridgehead atoms. The van der Waals surface area contributed by atoms with Crippen LogP contribution in [0.2, 0.25) is 0 Å². The van der Waals surface area contributed by atoms with Crippen molar-refractivity contribution in [2.75, 3.05) is 25.5 Å². The molecule has 5 heteroatoms. The number of nitrogens with two attached hydrogens (primary N) is 2. The molecule has 1 fully saturated rings. The van der Waals surface area contributed by atoms with Crippen molar-refractivity contribution < 1.29 is 9.53 Å². The molecule has 1 amide bonds. The molecule has 0 unspecified atom stereocenters. The van der Waals surface area contributed by atoms with Gasteiger partial charge in [-0.2, -0.15) is 0 Å². The fourth-order valence-electron chi connectivity index (χ4n) is 2.49. The number of carbonyl (C=O) groups excluding carboxylic acids is 1. The van der Waals surface area contributed by atoms with Crippen LogP contribution in [0.3, 0.4) is 0 Å². The number of ether oxygens (including phenoxy) is 1. The van der Waals surface area contributed by atoms with Crippen molar-refractivity contribution in [1.29, 1.82) is 0 Å². The van der Waals surface area contributed by atoms with E-state index in [-0.39, 0.29) is 12.5 Å². The van der Waals surface area contributed by atoms with Crippen molar-refractivity contribution in [3.05, 3.63) is 29.8 Å². The zero-order valence-corrected chi connectivity index (χ0v) is 11.0. The number of anilines is 1. The van der Waals surface area contributed by atoms with E-state index in [1.165, 1.54) is 0 Å². The number of hydrogen-bond acceptors (Lipinski definition) is 4. The molecule has 5 nitrogen and oxygen atoms in total. The number of hydrogen-bond donors (Lipinski definition) is 2. The highest BCUT2D eigenvalue weighted by molar-refractivity contribution is 5.76. The van der Waals surface area contributed by atoms with E-state index in [0.29, 0.717) is 12.6 Å². The summed E-state index contributed by atoms with van der Waals surface area (Å²) in [6, 6.07) is 8.09. The Labute approximate surface area is 113 Å². The van der Waals surface area contributed by atoms with Gasteiger partial charge in [0.2, 0.25) is 5.91 Å². The highest BCUT2D eigenvalue weighted by Gasteiger charge is 2.22. The first-order valence-corrected chi connectivity index (χ1v) is 6.59. The third kappa shape index (κ3) is 4.22. The van der Waals surface area contributed by atoms with Gasteiger partial charge in [-0.15, -0.1) is 0 Å². The first kappa shape index (κ1) is 13.8. The van der Waals surface area contributed by atoms with Crippen LogP contribution in [0.15, 0.2) is 24.3 Å². The van der Waals surface area contributed by atoms with Crippen molar-refractivity contribution in [3.63, 3.8) is 0 Å². The minimum absolute atomic E-state index is 0.277. The third-order valence-corrected chi connectivity index (χ3v) is 3.40. The normalized spacial score (nSPS) is 16.7. The van der Waals surface area contributed by atoms with E-state index in [1.807, 2.05) is 24.3 Å². The first-order valence-electron chi connectivity index (χ1n) is 6.59. The van der Waals surface area contributed by atoms with E-state index in [4.69, 9.17) is 16.2 Å². The molecule has 1 aromatic carbocycles. The van der Waals surface area contributed by atoms with Crippen molar-refractivity contribution in [3.8, 4) is 0 Å². The summed E-state index contributed by atoms with van der Waals surface area (Å²) in [4.78, 5) is 13.4. The second kappa shape index (κ2) is 6.54. The molecule has 0 radical (unpaired) electrons. The average molecular weight is 263 g/mol. The maximum Gasteiger partial charge on any atom is 0.231 e. The van der Waals surface area contributed by atoms with E-state index in [0.717, 1.165) is 37.3 Å². The minimum Gasteiger partial charge on any atom is -0.399 e. The second-order valence-corrected chi connectivity index (χ2v) is 4.96. The maximum absolute atomic E-state index is 11.2. The molecule has 4 N–H and O–H groups in total. The van der Waals surface area contributed by atoms with Crippen LogP contribution in [0.25, 0.3) is 0 Å². The Balaban J connectivity index is 2.06. The summed E-state index contributed by atoms with van der Waals surface area (Å²) < 4.78 is 5.36. The van der Waals surface area contributed by atoms with Gasteiger partial charge in [0.25, 0.3) is 0 Å². The van der Waals surface area contributed by atoms with Crippen LogP contribution in [0.4, 0.5) is 5.69 Å². The summed E-state index contributed by atoms with van der Waals surface area (Å²) in [6.07, 6.45) is 1.88. The Bertz CT molecular complexity index is 430. The van der Waals surface area contributed by atoms with E-state index >= 15 is 0 Å². The molecular formula is C14H21N3O2. The Morgan fingerprint density at radius 1 is 1.37 bits per heavy atom. The Hall–Kier alpha value is -1.59. The summed E-state index contributed by atoms with van der Waals surface area (Å²) in [6.45, 7) is 2.46. The maximum atomic E-state index is 11.2. The summed E-state index contributed by atoms with van der Waals surface area (Å²) in [5.41, 5.74) is 13.0. The molecular weight excluding hydrogens is 242 g/mol. The molecule has 1 aromatic rings. The summed E-state index contributed by atoms with van der Waals surface area (Å²) in [5, 5.41) is 0. The molecule has 2 rings (SSSR count). The van der Waals surface area contributed by atoms with E-state index < -0.39 is 0 Å². The number of benzene rings is 1. The van der Waals surface area contributed by atoms with E-state index in [2.05, 4.69) is 4.90 Å². The van der Waals surface area contributed by atoms with Gasteiger partial charge in [-0.3, -0.25) is 9.69 Å². The predicted octanol–water partition coefficient (Wildman–Crippen LogP) is 0.735. The van der Waals surface area contributed by atoms with Gasteiger partial charge in [0.05, 0.1) is 6.54 Å². The number of amides is 1. The zero-order chi connectivity index (χ0) is 13.7. The monoisotopic (exact) mass is 263 g/mol. The molecule has 104 valence electrons. The van der Waals surface area contributed by atoms with Gasteiger partial charge in [0.15, 0.2) is 0 Å². The van der Waals surface area contributed by atoms with Gasteiger partial charge in [0, 0.05) is 31.5 Å². The van der Waals surface area contributed by atoms with Crippen molar-refractivity contribution in [2.45, 2.75) is 25.4 Å². The molecule has 0 saturated carbocycles. The SMILES string of the molecule is NC(=O)CN(Cc1cccc(N)c1)C1CCOCC1. The van der Waals surface area contributed by atoms with Crippen LogP contribution in [0, 0.1) is 0 Å². The lowest BCUT2D eigenvalue weighted by Crippen LogP contribution is -2.43. The smallest absolute Gasteiger partial charge is 0.231 e. The fraction of sp³-hybridized carbons (Fsp3) is 0.500. The summed E-state index contributed by atoms with van der Waals surface area (Å²) in [7, 11) is 0. The number of nitrogens with zero attached hydrogens (tertiary/aromatic N) is 1. The second-order valence-electron chi connectivity index (χ2n) is 4.96. The third-order valence-electron chi connectivity index (χ3n) is 3.40. The van der Waals surface area contributed by atoms with Crippen molar-refractivity contribution >= 4 is 11.6 Å². The zero-order valence-electron chi connectivity index (χ0n) is 11.0. The fourth-order valence-corrected chi connectivity index (χ4v) is 2.49. The van der Waals surface area contributed by atoms with Crippen LogP contribution in [0.1, 0.15) is 18.4 Å². The Kier molecular flexibility index (Phi) is 4.76. The van der Waals surface area contributed by atoms with Crippen molar-refractivity contribution in [1.82, 2.24) is 4.90 Å². The Morgan fingerprint density at radius 2 is 2.11 bits per heavy atom. The quantitative estimate of drug-likeness (QED) is 0.768. The van der Waals surface area contributed by atoms with Crippen LogP contribution in [-0.2, 0) is 16.1 Å². The van der Waals surface area contributed by atoms with Crippen LogP contribution in [0.5, 0.6) is 0 Å². The lowest BCUT2D eigenvalue weighted by Gasteiger charge is -2.33. The van der Waals surface area contributed by atoms with Crippen LogP contribution < -0.4 is 11.5 Å². The van der Waals surface area contributed by atoms with E-state index in [1.54, 1.807) is 0 Å². The highest BCUT2D eigenvalue weighted by atomic mass is 16.5. The molecule has 19 heavy (non-hydrogen) atoms. The molecule has 1 saturated heterocycles. The van der Waals surface area contributed by atoms with Gasteiger partial charge in [-0.25, -0.2) is 0 Å². The Morgan fingerprint density at radius 3 is 2.74 bits per heavy atom. The number of carbonyl (C=O) groups is 1. The number of rotatable bonds is 5. The molecule has 0 aliphatic carbocycles. The minimum atomic E-state index is -0.296. The van der Waals surface area contributed by atoms with Gasteiger partial charge < -0.3 is 16.2 Å². The summed E-state index contributed by atoms with van der Waals surface area (Å²) in [5.74, 6) is -0.296.